The van der Waals surface area contributed by atoms with Gasteiger partial charge in [-0.15, -0.1) is 0 Å². The van der Waals surface area contributed by atoms with Crippen LogP contribution in [0, 0.1) is 17.8 Å². The first-order valence-corrected chi connectivity index (χ1v) is 43.2. The summed E-state index contributed by atoms with van der Waals surface area (Å²) in [7, 11) is -9.93. The van der Waals surface area contributed by atoms with Gasteiger partial charge in [-0.3, -0.25) is 37.3 Å². The Labute approximate surface area is 599 Å². The van der Waals surface area contributed by atoms with E-state index >= 15 is 0 Å². The Morgan fingerprint density at radius 3 is 0.908 bits per heavy atom. The highest BCUT2D eigenvalue weighted by Crippen LogP contribution is 2.45. The van der Waals surface area contributed by atoms with Gasteiger partial charge in [0.1, 0.15) is 19.3 Å². The lowest BCUT2D eigenvalue weighted by Gasteiger charge is -2.21. The second kappa shape index (κ2) is 68.9. The van der Waals surface area contributed by atoms with Crippen LogP contribution in [0.4, 0.5) is 0 Å². The minimum Gasteiger partial charge on any atom is -0.462 e. The van der Waals surface area contributed by atoms with E-state index < -0.39 is 97.5 Å². The van der Waals surface area contributed by atoms with Crippen molar-refractivity contribution < 1.29 is 80.2 Å². The van der Waals surface area contributed by atoms with Gasteiger partial charge in [-0.05, 0) is 69.1 Å². The average molecular weight is 1430 g/mol. The fourth-order valence-corrected chi connectivity index (χ4v) is 13.1. The van der Waals surface area contributed by atoms with Crippen LogP contribution in [0.3, 0.4) is 0 Å². The van der Waals surface area contributed by atoms with Crippen LogP contribution in [0.2, 0.25) is 0 Å². The van der Waals surface area contributed by atoms with Gasteiger partial charge in [-0.2, -0.15) is 0 Å². The molecule has 0 saturated carbocycles. The van der Waals surface area contributed by atoms with Gasteiger partial charge in [0.15, 0.2) is 12.2 Å². The summed E-state index contributed by atoms with van der Waals surface area (Å²) in [4.78, 5) is 72.9. The van der Waals surface area contributed by atoms with Gasteiger partial charge in [0, 0.05) is 25.7 Å². The monoisotopic (exact) mass is 1430 g/mol. The Balaban J connectivity index is 5.30. The first-order chi connectivity index (χ1) is 47.3. The largest absolute Gasteiger partial charge is 0.472 e. The zero-order chi connectivity index (χ0) is 72.3. The molecule has 98 heavy (non-hydrogen) atoms. The predicted molar refractivity (Wildman–Crippen MR) is 400 cm³/mol. The third-order valence-corrected chi connectivity index (χ3v) is 20.0. The molecule has 578 valence electrons. The molecule has 17 nitrogen and oxygen atoms in total. The number of unbranched alkanes of at least 4 members (excludes halogenated alkanes) is 39. The molecule has 0 aliphatic heterocycles. The molecular formula is C79H150O17P2. The summed E-state index contributed by atoms with van der Waals surface area (Å²) in [5, 5.41) is 10.6. The molecule has 0 aliphatic rings. The van der Waals surface area contributed by atoms with Crippen molar-refractivity contribution in [2.45, 2.75) is 401 Å². The van der Waals surface area contributed by atoms with Crippen molar-refractivity contribution in [1.29, 1.82) is 0 Å². The Hall–Kier alpha value is -2.46. The van der Waals surface area contributed by atoms with Crippen LogP contribution < -0.4 is 0 Å². The van der Waals surface area contributed by atoms with Crippen molar-refractivity contribution in [3.05, 3.63) is 24.3 Å². The molecule has 3 unspecified atom stereocenters. The smallest absolute Gasteiger partial charge is 0.462 e. The number of hydrogen-bond acceptors (Lipinski definition) is 15. The molecule has 0 radical (unpaired) electrons. The summed E-state index contributed by atoms with van der Waals surface area (Å²) in [6.07, 6.45) is 59.0. The van der Waals surface area contributed by atoms with Crippen LogP contribution in [0.1, 0.15) is 382 Å². The van der Waals surface area contributed by atoms with E-state index in [9.17, 15) is 43.2 Å². The van der Waals surface area contributed by atoms with Gasteiger partial charge in [0.05, 0.1) is 26.4 Å². The molecule has 0 aromatic carbocycles. The first kappa shape index (κ1) is 95.5. The second-order valence-electron chi connectivity index (χ2n) is 29.0. The maximum Gasteiger partial charge on any atom is 0.472 e. The highest BCUT2D eigenvalue weighted by molar-refractivity contribution is 7.47. The minimum atomic E-state index is -4.97. The summed E-state index contributed by atoms with van der Waals surface area (Å²) < 4.78 is 68.6. The Morgan fingerprint density at radius 1 is 0.337 bits per heavy atom. The molecule has 0 amide bonds. The van der Waals surface area contributed by atoms with Gasteiger partial charge in [0.2, 0.25) is 0 Å². The number of aliphatic hydroxyl groups excluding tert-OH is 1. The van der Waals surface area contributed by atoms with Crippen molar-refractivity contribution in [3.63, 3.8) is 0 Å². The van der Waals surface area contributed by atoms with Crippen molar-refractivity contribution in [2.24, 2.45) is 17.8 Å². The van der Waals surface area contributed by atoms with Crippen molar-refractivity contribution >= 4 is 39.5 Å². The number of carbonyl (C=O) groups is 4. The Morgan fingerprint density at radius 2 is 0.602 bits per heavy atom. The summed E-state index contributed by atoms with van der Waals surface area (Å²) in [6, 6.07) is 0. The van der Waals surface area contributed by atoms with E-state index in [-0.39, 0.29) is 25.7 Å². The lowest BCUT2D eigenvalue weighted by Crippen LogP contribution is -2.30. The van der Waals surface area contributed by atoms with E-state index in [2.05, 4.69) is 72.8 Å². The number of phosphoric ester groups is 2. The zero-order valence-electron chi connectivity index (χ0n) is 63.7. The standard InChI is InChI=1S/C79H150O17P2/c1-8-10-11-12-13-14-15-16-17-21-24-32-39-46-53-60-76(81)89-66-74(95-78(83)62-55-48-41-33-25-22-19-18-20-23-31-38-45-52-59-72(7)9-2)68-93-97(85,86)91-64-73(80)65-92-98(87,88)94-69-75(67-90-77(82)61-54-47-40-35-28-30-37-44-51-58-71(5)6)96-79(84)63-56-49-42-34-27-26-29-36-43-50-57-70(3)4/h14-17,70-75,80H,8-13,18-69H2,1-7H3,(H,85,86)(H,87,88)/b15-14-,17-16-/t72?,73-,74-,75-/m1/s1. The fraction of sp³-hybridized carbons (Fsp3) is 0.899. The molecule has 0 saturated heterocycles. The molecule has 0 aromatic heterocycles. The molecule has 6 atom stereocenters. The average Bonchev–Trinajstić information content (AvgIpc) is 0.937. The van der Waals surface area contributed by atoms with Gasteiger partial charge < -0.3 is 33.8 Å². The molecule has 0 bridgehead atoms. The van der Waals surface area contributed by atoms with Gasteiger partial charge in [-0.1, -0.05) is 330 Å². The maximum atomic E-state index is 13.1. The molecule has 19 heteroatoms. The molecular weight excluding hydrogens is 1280 g/mol. The molecule has 0 aliphatic carbocycles. The Kier molecular flexibility index (Phi) is 67.2. The molecule has 0 rings (SSSR count). The van der Waals surface area contributed by atoms with Crippen LogP contribution >= 0.6 is 15.6 Å². The third-order valence-electron chi connectivity index (χ3n) is 18.1. The van der Waals surface area contributed by atoms with Crippen LogP contribution in [-0.2, 0) is 65.4 Å². The van der Waals surface area contributed by atoms with E-state index in [1.807, 2.05) is 0 Å². The van der Waals surface area contributed by atoms with E-state index in [4.69, 9.17) is 37.0 Å². The summed E-state index contributed by atoms with van der Waals surface area (Å²) in [5.41, 5.74) is 0. The first-order valence-electron chi connectivity index (χ1n) is 40.2. The zero-order valence-corrected chi connectivity index (χ0v) is 65.5. The fourth-order valence-electron chi connectivity index (χ4n) is 11.6. The van der Waals surface area contributed by atoms with Crippen LogP contribution in [0.5, 0.6) is 0 Å². The lowest BCUT2D eigenvalue weighted by atomic mass is 9.99. The minimum absolute atomic E-state index is 0.100. The third kappa shape index (κ3) is 70.6. The van der Waals surface area contributed by atoms with Crippen molar-refractivity contribution in [3.8, 4) is 0 Å². The summed E-state index contributed by atoms with van der Waals surface area (Å²) in [6.45, 7) is 11.9. The summed E-state index contributed by atoms with van der Waals surface area (Å²) in [5.74, 6) is 0.192. The second-order valence-corrected chi connectivity index (χ2v) is 31.9. The number of esters is 4. The van der Waals surface area contributed by atoms with Crippen molar-refractivity contribution in [1.82, 2.24) is 0 Å². The normalized spacial score (nSPS) is 14.4. The molecule has 3 N–H and O–H groups in total. The quantitative estimate of drug-likeness (QED) is 0.0169. The van der Waals surface area contributed by atoms with Gasteiger partial charge in [0.25, 0.3) is 0 Å². The molecule has 0 aromatic rings. The van der Waals surface area contributed by atoms with Crippen LogP contribution in [0.25, 0.3) is 0 Å². The number of phosphoric acid groups is 2. The van der Waals surface area contributed by atoms with E-state index in [0.29, 0.717) is 25.7 Å². The SMILES string of the molecule is CCCCCC/C=C\C=C/CCCCCCCC(=O)OC[C@H](COP(=O)(O)OC[C@@H](O)COP(=O)(O)OC[C@@H](COC(=O)CCCCCCCCCCCC(C)C)OC(=O)CCCCCCCCCCCCC(C)C)OC(=O)CCCCCCCCCCCCCCCCC(C)CC. The molecule has 0 spiro atoms. The lowest BCUT2D eigenvalue weighted by molar-refractivity contribution is -0.161. The van der Waals surface area contributed by atoms with Crippen molar-refractivity contribution in [2.75, 3.05) is 39.6 Å². The predicted octanol–water partition coefficient (Wildman–Crippen LogP) is 22.9. The Bertz CT molecular complexity index is 2000. The van der Waals surface area contributed by atoms with Gasteiger partial charge in [-0.25, -0.2) is 9.13 Å². The number of allylic oxidation sites excluding steroid dienone is 4. The highest BCUT2D eigenvalue weighted by atomic mass is 31.2. The maximum absolute atomic E-state index is 13.1. The number of ether oxygens (including phenoxy) is 4. The number of rotatable bonds is 75. The van der Waals surface area contributed by atoms with Crippen LogP contribution in [-0.4, -0.2) is 96.7 Å². The number of aliphatic hydroxyl groups is 1. The number of hydrogen-bond donors (Lipinski definition) is 3. The topological polar surface area (TPSA) is 237 Å². The summed E-state index contributed by atoms with van der Waals surface area (Å²) >= 11 is 0. The van der Waals surface area contributed by atoms with E-state index in [1.54, 1.807) is 0 Å². The molecule has 0 fully saturated rings. The van der Waals surface area contributed by atoms with E-state index in [0.717, 1.165) is 127 Å². The molecule has 0 heterocycles. The van der Waals surface area contributed by atoms with Crippen LogP contribution in [0.15, 0.2) is 24.3 Å². The van der Waals surface area contributed by atoms with Gasteiger partial charge >= 0.3 is 39.5 Å². The highest BCUT2D eigenvalue weighted by Gasteiger charge is 2.30. The van der Waals surface area contributed by atoms with E-state index in [1.165, 1.54) is 173 Å². The number of carbonyl (C=O) groups excluding carboxylic acids is 4.